The van der Waals surface area contributed by atoms with Gasteiger partial charge in [-0.05, 0) is 117 Å². The summed E-state index contributed by atoms with van der Waals surface area (Å²) in [5.74, 6) is -0.129. The molecule has 0 N–H and O–H groups in total. The first-order chi connectivity index (χ1) is 29.9. The average Bonchev–Trinajstić information content (AvgIpc) is 3.24. The molecule has 0 rings (SSSR count). The number of unbranched alkanes of at least 4 members (excludes halogenated alkanes) is 28. The molecule has 0 aromatic rings. The van der Waals surface area contributed by atoms with Crippen molar-refractivity contribution in [3.63, 3.8) is 0 Å². The summed E-state index contributed by atoms with van der Waals surface area (Å²) in [5.41, 5.74) is 1.31. The summed E-state index contributed by atoms with van der Waals surface area (Å²) < 4.78 is 11.7. The molecule has 0 fully saturated rings. The molecule has 1 unspecified atom stereocenters. The summed E-state index contributed by atoms with van der Waals surface area (Å²) in [6, 6.07) is 0. The van der Waals surface area contributed by atoms with E-state index in [0.29, 0.717) is 13.0 Å². The van der Waals surface area contributed by atoms with E-state index in [4.69, 9.17) is 9.47 Å². The van der Waals surface area contributed by atoms with Gasteiger partial charge in [-0.3, -0.25) is 4.79 Å². The molecular formula is C56H105NO4. The third-order valence-corrected chi connectivity index (χ3v) is 12.2. The van der Waals surface area contributed by atoms with E-state index in [1.165, 1.54) is 192 Å². The minimum Gasteiger partial charge on any atom is -0.463 e. The minimum absolute atomic E-state index is 0.00915. The van der Waals surface area contributed by atoms with Crippen molar-refractivity contribution in [3.05, 3.63) is 36.0 Å². The second-order valence-electron chi connectivity index (χ2n) is 18.7. The number of hydrogen-bond donors (Lipinski definition) is 0. The van der Waals surface area contributed by atoms with Crippen LogP contribution in [0.2, 0.25) is 0 Å². The lowest BCUT2D eigenvalue weighted by molar-refractivity contribution is -0.150. The Hall–Kier alpha value is -1.88. The van der Waals surface area contributed by atoms with Crippen molar-refractivity contribution in [1.29, 1.82) is 0 Å². The molecule has 0 amide bonds. The highest BCUT2D eigenvalue weighted by Crippen LogP contribution is 2.21. The van der Waals surface area contributed by atoms with Crippen molar-refractivity contribution in [2.75, 3.05) is 27.2 Å². The van der Waals surface area contributed by atoms with E-state index in [1.807, 2.05) is 6.08 Å². The zero-order valence-corrected chi connectivity index (χ0v) is 41.7. The zero-order chi connectivity index (χ0) is 44.5. The SMILES string of the molecule is CCCCC/C=C\C/C=C\CCCCCCCCC(CCCCCCCCCCCOC(=O)/C=C(\CCCCCCC)CCCCCCCCCC)OC(=O)CCCN(C)C. The van der Waals surface area contributed by atoms with Crippen molar-refractivity contribution >= 4 is 11.9 Å². The molecule has 5 nitrogen and oxygen atoms in total. The Bertz CT molecular complexity index is 1020. The van der Waals surface area contributed by atoms with Gasteiger partial charge in [0.2, 0.25) is 0 Å². The Morgan fingerprint density at radius 2 is 0.869 bits per heavy atom. The number of ether oxygens (including phenoxy) is 2. The lowest BCUT2D eigenvalue weighted by atomic mass is 9.99. The van der Waals surface area contributed by atoms with Crippen LogP contribution in [0.15, 0.2) is 36.0 Å². The highest BCUT2D eigenvalue weighted by Gasteiger charge is 2.14. The lowest BCUT2D eigenvalue weighted by Gasteiger charge is -2.18. The van der Waals surface area contributed by atoms with Crippen LogP contribution in [0, 0.1) is 0 Å². The Labute approximate surface area is 381 Å². The van der Waals surface area contributed by atoms with Crippen LogP contribution >= 0.6 is 0 Å². The number of carbonyl (C=O) groups excluding carboxylic acids is 2. The molecule has 0 aromatic carbocycles. The van der Waals surface area contributed by atoms with Crippen LogP contribution in [-0.2, 0) is 19.1 Å². The number of rotatable bonds is 48. The molecule has 0 aliphatic rings. The summed E-state index contributed by atoms with van der Waals surface area (Å²) in [7, 11) is 4.12. The van der Waals surface area contributed by atoms with Crippen molar-refractivity contribution < 1.29 is 19.1 Å². The second kappa shape index (κ2) is 49.1. The topological polar surface area (TPSA) is 55.8 Å². The van der Waals surface area contributed by atoms with E-state index >= 15 is 0 Å². The van der Waals surface area contributed by atoms with E-state index in [1.54, 1.807) is 0 Å². The van der Waals surface area contributed by atoms with Gasteiger partial charge in [-0.15, -0.1) is 0 Å². The zero-order valence-electron chi connectivity index (χ0n) is 41.7. The third kappa shape index (κ3) is 47.4. The lowest BCUT2D eigenvalue weighted by Crippen LogP contribution is -2.20. The van der Waals surface area contributed by atoms with Gasteiger partial charge in [-0.1, -0.05) is 205 Å². The van der Waals surface area contributed by atoms with Crippen molar-refractivity contribution in [2.24, 2.45) is 0 Å². The Balaban J connectivity index is 4.23. The van der Waals surface area contributed by atoms with E-state index in [9.17, 15) is 9.59 Å². The highest BCUT2D eigenvalue weighted by atomic mass is 16.5. The summed E-state index contributed by atoms with van der Waals surface area (Å²) in [4.78, 5) is 27.5. The summed E-state index contributed by atoms with van der Waals surface area (Å²) >= 11 is 0. The van der Waals surface area contributed by atoms with Gasteiger partial charge >= 0.3 is 11.9 Å². The van der Waals surface area contributed by atoms with Crippen LogP contribution in [0.4, 0.5) is 0 Å². The smallest absolute Gasteiger partial charge is 0.330 e. The van der Waals surface area contributed by atoms with Gasteiger partial charge in [-0.2, -0.15) is 0 Å². The molecular weight excluding hydrogens is 751 g/mol. The van der Waals surface area contributed by atoms with Crippen molar-refractivity contribution in [1.82, 2.24) is 4.90 Å². The molecule has 0 aliphatic carbocycles. The average molecular weight is 856 g/mol. The van der Waals surface area contributed by atoms with Gasteiger partial charge in [0, 0.05) is 12.5 Å². The maximum absolute atomic E-state index is 12.7. The molecule has 358 valence electrons. The van der Waals surface area contributed by atoms with Gasteiger partial charge in [-0.25, -0.2) is 4.79 Å². The second-order valence-corrected chi connectivity index (χ2v) is 18.7. The summed E-state index contributed by atoms with van der Waals surface area (Å²) in [5, 5.41) is 0. The minimum atomic E-state index is -0.119. The summed E-state index contributed by atoms with van der Waals surface area (Å²) in [6.45, 7) is 8.28. The normalized spacial score (nSPS) is 12.7. The monoisotopic (exact) mass is 856 g/mol. The molecule has 0 spiro atoms. The van der Waals surface area contributed by atoms with Crippen LogP contribution in [0.1, 0.15) is 278 Å². The fraction of sp³-hybridized carbons (Fsp3) is 0.857. The predicted molar refractivity (Wildman–Crippen MR) is 267 cm³/mol. The van der Waals surface area contributed by atoms with E-state index in [2.05, 4.69) is 64.1 Å². The predicted octanol–water partition coefficient (Wildman–Crippen LogP) is 17.7. The fourth-order valence-electron chi connectivity index (χ4n) is 8.21. The molecule has 0 radical (unpaired) electrons. The van der Waals surface area contributed by atoms with Crippen LogP contribution in [0.5, 0.6) is 0 Å². The molecule has 0 aromatic heterocycles. The molecule has 5 heteroatoms. The van der Waals surface area contributed by atoms with Crippen LogP contribution in [-0.4, -0.2) is 50.2 Å². The molecule has 61 heavy (non-hydrogen) atoms. The molecule has 0 saturated heterocycles. The molecule has 1 atom stereocenters. The molecule has 0 bridgehead atoms. The van der Waals surface area contributed by atoms with Crippen molar-refractivity contribution in [3.8, 4) is 0 Å². The van der Waals surface area contributed by atoms with Gasteiger partial charge in [0.15, 0.2) is 0 Å². The standard InChI is InChI=1S/C56H105NO4/c1-6-9-12-15-17-19-20-21-22-23-24-25-27-31-36-41-47-54(61-55(58)49-44-50-57(4)5)48-42-37-32-28-26-29-33-38-43-51-60-56(59)52-53(45-39-34-14-11-8-3)46-40-35-30-18-16-13-10-7-2/h17,19,21-22,52,54H,6-16,18,20,23-51H2,1-5H3/b19-17-,22-21-,53-52+. The van der Waals surface area contributed by atoms with E-state index in [0.717, 1.165) is 70.8 Å². The highest BCUT2D eigenvalue weighted by molar-refractivity contribution is 5.82. The molecule has 0 aliphatic heterocycles. The number of allylic oxidation sites excluding steroid dienone is 5. The van der Waals surface area contributed by atoms with Crippen LogP contribution in [0.3, 0.4) is 0 Å². The first kappa shape index (κ1) is 59.1. The Morgan fingerprint density at radius 1 is 0.459 bits per heavy atom. The largest absolute Gasteiger partial charge is 0.463 e. The number of carbonyl (C=O) groups is 2. The fourth-order valence-corrected chi connectivity index (χ4v) is 8.21. The van der Waals surface area contributed by atoms with Crippen LogP contribution in [0.25, 0.3) is 0 Å². The first-order valence-electron chi connectivity index (χ1n) is 26.9. The van der Waals surface area contributed by atoms with Crippen molar-refractivity contribution in [2.45, 2.75) is 284 Å². The maximum Gasteiger partial charge on any atom is 0.330 e. The number of esters is 2. The van der Waals surface area contributed by atoms with E-state index in [-0.39, 0.29) is 18.0 Å². The first-order valence-corrected chi connectivity index (χ1v) is 26.9. The Kier molecular flexibility index (Phi) is 47.6. The van der Waals surface area contributed by atoms with Gasteiger partial charge in [0.05, 0.1) is 6.61 Å². The summed E-state index contributed by atoms with van der Waals surface area (Å²) in [6.07, 6.45) is 59.6. The quantitative estimate of drug-likeness (QED) is 0.0264. The van der Waals surface area contributed by atoms with Gasteiger partial charge in [0.1, 0.15) is 6.10 Å². The van der Waals surface area contributed by atoms with Gasteiger partial charge in [0.25, 0.3) is 0 Å². The van der Waals surface area contributed by atoms with Crippen LogP contribution < -0.4 is 0 Å². The van der Waals surface area contributed by atoms with E-state index < -0.39 is 0 Å². The third-order valence-electron chi connectivity index (χ3n) is 12.2. The Morgan fingerprint density at radius 3 is 1.36 bits per heavy atom. The molecule has 0 saturated carbocycles. The van der Waals surface area contributed by atoms with Gasteiger partial charge < -0.3 is 14.4 Å². The molecule has 0 heterocycles. The maximum atomic E-state index is 12.7. The number of hydrogen-bond acceptors (Lipinski definition) is 5. The number of nitrogens with zero attached hydrogens (tertiary/aromatic N) is 1.